The van der Waals surface area contributed by atoms with Gasteiger partial charge in [-0.3, -0.25) is 14.6 Å². The molecule has 1 aliphatic heterocycles. The van der Waals surface area contributed by atoms with Crippen LogP contribution in [0.2, 0.25) is 0 Å². The second-order valence-corrected chi connectivity index (χ2v) is 8.16. The van der Waals surface area contributed by atoms with Crippen LogP contribution in [0.4, 0.5) is 4.39 Å². The SMILES string of the molecule is O=C(NCCc1ccccn1)C1CC12CCN(C(=O)C=Cc1ccccc1F)CC2. The minimum Gasteiger partial charge on any atom is -0.355 e. The maximum absolute atomic E-state index is 13.7. The molecule has 2 aliphatic rings. The molecule has 0 bridgehead atoms. The van der Waals surface area contributed by atoms with Crippen LogP contribution in [0.15, 0.2) is 54.7 Å². The van der Waals surface area contributed by atoms with Crippen LogP contribution in [0, 0.1) is 17.2 Å². The molecule has 156 valence electrons. The third kappa shape index (κ3) is 4.58. The summed E-state index contributed by atoms with van der Waals surface area (Å²) in [5.41, 5.74) is 1.42. The van der Waals surface area contributed by atoms with Gasteiger partial charge in [-0.15, -0.1) is 0 Å². The van der Waals surface area contributed by atoms with E-state index in [1.807, 2.05) is 18.2 Å². The number of rotatable bonds is 6. The van der Waals surface area contributed by atoms with Crippen LogP contribution < -0.4 is 5.32 Å². The maximum atomic E-state index is 13.7. The lowest BCUT2D eigenvalue weighted by atomic mass is 9.90. The number of amides is 2. The van der Waals surface area contributed by atoms with E-state index in [1.54, 1.807) is 29.3 Å². The monoisotopic (exact) mass is 407 g/mol. The fourth-order valence-corrected chi connectivity index (χ4v) is 4.30. The van der Waals surface area contributed by atoms with Gasteiger partial charge in [0.1, 0.15) is 5.82 Å². The summed E-state index contributed by atoms with van der Waals surface area (Å²) in [6.45, 7) is 1.87. The number of carbonyl (C=O) groups is 2. The molecule has 1 aromatic carbocycles. The Hall–Kier alpha value is -3.02. The summed E-state index contributed by atoms with van der Waals surface area (Å²) in [4.78, 5) is 31.0. The van der Waals surface area contributed by atoms with E-state index in [0.717, 1.165) is 31.4 Å². The van der Waals surface area contributed by atoms with Crippen LogP contribution in [-0.2, 0) is 16.0 Å². The zero-order valence-corrected chi connectivity index (χ0v) is 16.9. The number of pyridine rings is 1. The van der Waals surface area contributed by atoms with Crippen molar-refractivity contribution in [1.29, 1.82) is 0 Å². The van der Waals surface area contributed by atoms with Crippen molar-refractivity contribution in [3.05, 3.63) is 71.8 Å². The molecule has 30 heavy (non-hydrogen) atoms. The Kier molecular flexibility index (Phi) is 5.93. The molecule has 1 saturated heterocycles. The summed E-state index contributed by atoms with van der Waals surface area (Å²) in [5.74, 6) is -0.281. The van der Waals surface area contributed by atoms with Gasteiger partial charge in [0.05, 0.1) is 0 Å². The molecular formula is C24H26FN3O2. The van der Waals surface area contributed by atoms with E-state index in [0.29, 0.717) is 25.2 Å². The number of hydrogen-bond acceptors (Lipinski definition) is 3. The third-order valence-corrected chi connectivity index (χ3v) is 6.29. The quantitative estimate of drug-likeness (QED) is 0.748. The van der Waals surface area contributed by atoms with Crippen molar-refractivity contribution in [3.8, 4) is 0 Å². The van der Waals surface area contributed by atoms with Crippen LogP contribution in [0.3, 0.4) is 0 Å². The van der Waals surface area contributed by atoms with Crippen LogP contribution in [0.5, 0.6) is 0 Å². The number of benzene rings is 1. The van der Waals surface area contributed by atoms with Crippen molar-refractivity contribution in [3.63, 3.8) is 0 Å². The lowest BCUT2D eigenvalue weighted by Crippen LogP contribution is -2.40. The third-order valence-electron chi connectivity index (χ3n) is 6.29. The van der Waals surface area contributed by atoms with Gasteiger partial charge in [-0.25, -0.2) is 4.39 Å². The summed E-state index contributed by atoms with van der Waals surface area (Å²) < 4.78 is 13.7. The van der Waals surface area contributed by atoms with Crippen LogP contribution in [0.1, 0.15) is 30.5 Å². The van der Waals surface area contributed by atoms with E-state index in [4.69, 9.17) is 0 Å². The first-order valence-corrected chi connectivity index (χ1v) is 10.5. The number of piperidine rings is 1. The summed E-state index contributed by atoms with van der Waals surface area (Å²) >= 11 is 0. The predicted molar refractivity (Wildman–Crippen MR) is 113 cm³/mol. The second-order valence-electron chi connectivity index (χ2n) is 8.16. The largest absolute Gasteiger partial charge is 0.355 e. The van der Waals surface area contributed by atoms with Gasteiger partial charge in [0.25, 0.3) is 0 Å². The minimum atomic E-state index is -0.339. The van der Waals surface area contributed by atoms with E-state index in [9.17, 15) is 14.0 Å². The highest BCUT2D eigenvalue weighted by molar-refractivity contribution is 5.92. The Morgan fingerprint density at radius 1 is 1.17 bits per heavy atom. The van der Waals surface area contributed by atoms with Crippen molar-refractivity contribution in [2.75, 3.05) is 19.6 Å². The Balaban J connectivity index is 1.22. The van der Waals surface area contributed by atoms with Gasteiger partial charge in [-0.05, 0) is 49.0 Å². The van der Waals surface area contributed by atoms with E-state index in [-0.39, 0.29) is 29.0 Å². The lowest BCUT2D eigenvalue weighted by molar-refractivity contribution is -0.127. The van der Waals surface area contributed by atoms with E-state index in [1.165, 1.54) is 18.2 Å². The molecule has 1 aliphatic carbocycles. The van der Waals surface area contributed by atoms with Crippen molar-refractivity contribution < 1.29 is 14.0 Å². The average molecular weight is 407 g/mol. The zero-order chi connectivity index (χ0) is 21.0. The molecule has 2 aromatic rings. The van der Waals surface area contributed by atoms with Crippen molar-refractivity contribution in [1.82, 2.24) is 15.2 Å². The van der Waals surface area contributed by atoms with Gasteiger partial charge < -0.3 is 10.2 Å². The number of hydrogen-bond donors (Lipinski definition) is 1. The van der Waals surface area contributed by atoms with Gasteiger partial charge in [0.15, 0.2) is 0 Å². The van der Waals surface area contributed by atoms with Crippen molar-refractivity contribution in [2.24, 2.45) is 11.3 Å². The van der Waals surface area contributed by atoms with Crippen LogP contribution in [-0.4, -0.2) is 41.3 Å². The van der Waals surface area contributed by atoms with E-state index < -0.39 is 0 Å². The fourth-order valence-electron chi connectivity index (χ4n) is 4.30. The van der Waals surface area contributed by atoms with E-state index in [2.05, 4.69) is 10.3 Å². The molecule has 1 N–H and O–H groups in total. The Labute approximate surface area is 176 Å². The second kappa shape index (κ2) is 8.78. The number of nitrogens with zero attached hydrogens (tertiary/aromatic N) is 2. The number of nitrogens with one attached hydrogen (secondary N) is 1. The molecule has 1 unspecified atom stereocenters. The molecule has 1 aromatic heterocycles. The Morgan fingerprint density at radius 3 is 2.67 bits per heavy atom. The maximum Gasteiger partial charge on any atom is 0.246 e. The van der Waals surface area contributed by atoms with Gasteiger partial charge in [-0.1, -0.05) is 24.3 Å². The number of carbonyl (C=O) groups excluding carboxylic acids is 2. The highest BCUT2D eigenvalue weighted by atomic mass is 19.1. The van der Waals surface area contributed by atoms with Gasteiger partial charge in [0, 0.05) is 55.5 Å². The van der Waals surface area contributed by atoms with Gasteiger partial charge in [-0.2, -0.15) is 0 Å². The molecule has 2 fully saturated rings. The summed E-state index contributed by atoms with van der Waals surface area (Å²) in [5, 5.41) is 3.04. The number of halogens is 1. The molecule has 2 amide bonds. The first-order valence-electron chi connectivity index (χ1n) is 10.5. The number of aromatic nitrogens is 1. The number of likely N-dealkylation sites (tertiary alicyclic amines) is 1. The average Bonchev–Trinajstić information content (AvgIpc) is 3.47. The molecule has 1 saturated carbocycles. The summed E-state index contributed by atoms with van der Waals surface area (Å²) in [6.07, 6.45) is 8.02. The molecule has 1 spiro atoms. The molecule has 0 radical (unpaired) electrons. The first-order chi connectivity index (χ1) is 14.6. The summed E-state index contributed by atoms with van der Waals surface area (Å²) in [7, 11) is 0. The van der Waals surface area contributed by atoms with E-state index >= 15 is 0 Å². The summed E-state index contributed by atoms with van der Waals surface area (Å²) in [6, 6.07) is 12.2. The van der Waals surface area contributed by atoms with Crippen LogP contribution >= 0.6 is 0 Å². The van der Waals surface area contributed by atoms with Gasteiger partial charge >= 0.3 is 0 Å². The zero-order valence-electron chi connectivity index (χ0n) is 16.9. The molecule has 2 heterocycles. The lowest BCUT2D eigenvalue weighted by Gasteiger charge is -2.32. The Bertz CT molecular complexity index is 936. The smallest absolute Gasteiger partial charge is 0.246 e. The normalized spacial score (nSPS) is 19.8. The van der Waals surface area contributed by atoms with Crippen molar-refractivity contribution in [2.45, 2.75) is 25.7 Å². The molecular weight excluding hydrogens is 381 g/mol. The highest BCUT2D eigenvalue weighted by Gasteiger charge is 2.58. The fraction of sp³-hybridized carbons (Fsp3) is 0.375. The highest BCUT2D eigenvalue weighted by Crippen LogP contribution is 2.59. The predicted octanol–water partition coefficient (Wildman–Crippen LogP) is 3.22. The molecule has 6 heteroatoms. The Morgan fingerprint density at radius 2 is 1.93 bits per heavy atom. The standard InChI is InChI=1S/C24H26FN3O2/c25-21-7-2-1-5-18(21)8-9-22(29)28-15-11-24(12-16-28)17-20(24)23(30)27-14-10-19-6-3-4-13-26-19/h1-9,13,20H,10-12,14-17H2,(H,27,30). The molecule has 1 atom stereocenters. The molecule has 5 nitrogen and oxygen atoms in total. The first kappa shape index (κ1) is 20.3. The minimum absolute atomic E-state index is 0.0428. The van der Waals surface area contributed by atoms with Crippen molar-refractivity contribution >= 4 is 17.9 Å². The topological polar surface area (TPSA) is 62.3 Å². The van der Waals surface area contributed by atoms with Crippen LogP contribution in [0.25, 0.3) is 6.08 Å². The van der Waals surface area contributed by atoms with Gasteiger partial charge in [0.2, 0.25) is 11.8 Å². The molecule has 4 rings (SSSR count).